The number of phenols is 2. The molecule has 0 spiro atoms. The van der Waals surface area contributed by atoms with E-state index >= 15 is 0 Å². The van der Waals surface area contributed by atoms with Crippen molar-refractivity contribution in [2.24, 2.45) is 10.8 Å². The fraction of sp³-hybridized carbons (Fsp3) is 0.543. The first-order valence-electron chi connectivity index (χ1n) is 16.7. The largest absolute Gasteiger partial charge is 0.507 e. The van der Waals surface area contributed by atoms with Crippen molar-refractivity contribution in [3.63, 3.8) is 0 Å². The van der Waals surface area contributed by atoms with Gasteiger partial charge in [0.05, 0.1) is 54.4 Å². The molecule has 3 aliphatic rings. The monoisotopic (exact) mass is 683 g/mol. The number of ether oxygens (including phenoxy) is 3. The summed E-state index contributed by atoms with van der Waals surface area (Å²) in [5.41, 5.74) is 4.93. The lowest BCUT2D eigenvalue weighted by Crippen LogP contribution is -2.53. The van der Waals surface area contributed by atoms with Crippen LogP contribution in [-0.4, -0.2) is 92.6 Å². The van der Waals surface area contributed by atoms with Crippen molar-refractivity contribution in [3.05, 3.63) is 51.6 Å². The van der Waals surface area contributed by atoms with E-state index < -0.39 is 89.4 Å². The Balaban J connectivity index is 1.57. The van der Waals surface area contributed by atoms with Crippen molar-refractivity contribution in [1.29, 1.82) is 0 Å². The predicted molar refractivity (Wildman–Crippen MR) is 176 cm³/mol. The molecule has 0 aromatic heterocycles. The number of amides is 1. The Kier molecular flexibility index (Phi) is 11.1. The van der Waals surface area contributed by atoms with Gasteiger partial charge in [-0.3, -0.25) is 14.4 Å². The number of unbranched alkanes of at least 4 members (excludes halogenated alkanes) is 4. The van der Waals surface area contributed by atoms with E-state index in [1.165, 1.54) is 25.3 Å². The number of nitrogens with one attached hydrogen (secondary N) is 1. The van der Waals surface area contributed by atoms with Gasteiger partial charge in [0, 0.05) is 48.4 Å². The molecule has 0 radical (unpaired) electrons. The second-order valence-corrected chi connectivity index (χ2v) is 13.0. The molecule has 1 amide bonds. The number of aliphatic hydroxyl groups excluding tert-OH is 2. The van der Waals surface area contributed by atoms with Crippen LogP contribution in [0.15, 0.2) is 23.3 Å². The quantitative estimate of drug-likeness (QED) is 0.0631. The molecular weight excluding hydrogens is 638 g/mol. The third-order valence-corrected chi connectivity index (χ3v) is 9.65. The summed E-state index contributed by atoms with van der Waals surface area (Å²) >= 11 is 0. The van der Waals surface area contributed by atoms with E-state index in [1.807, 2.05) is 0 Å². The highest BCUT2D eigenvalue weighted by atomic mass is 16.7. The average molecular weight is 684 g/mol. The van der Waals surface area contributed by atoms with E-state index in [9.17, 15) is 39.9 Å². The number of carbonyl (C=O) groups is 3. The lowest BCUT2D eigenvalue weighted by atomic mass is 9.71. The summed E-state index contributed by atoms with van der Waals surface area (Å²) in [6.07, 6.45) is -0.138. The maximum Gasteiger partial charge on any atom is 0.240 e. The van der Waals surface area contributed by atoms with Crippen molar-refractivity contribution in [2.75, 3.05) is 13.7 Å². The Morgan fingerprint density at radius 2 is 1.82 bits per heavy atom. The number of aromatic hydroxyl groups is 2. The SMILES string of the molecule is CCCCCCCC(=O)N/N=C(/CO)[C@@]1(O)Cc2c(O)c3c(c(O)c2[C@H](O[C@H]2C[C@H](N)[C@H](O)[C@H](C)O2)C1)C(=O)c1c(OC)cccc1C3=O. The van der Waals surface area contributed by atoms with E-state index in [4.69, 9.17) is 19.9 Å². The van der Waals surface area contributed by atoms with Gasteiger partial charge in [-0.25, -0.2) is 5.43 Å². The summed E-state index contributed by atoms with van der Waals surface area (Å²) in [5, 5.41) is 60.3. The standard InChI is InChI=1S/C35H45N3O11/c1-4-5-6-7-8-12-24(40)38-37-23(16-39)35(46)14-19-27(22(15-35)49-25-13-20(36)30(41)17(2)48-25)34(45)29-28(32(19)43)31(42)18-10-9-11-21(47-3)26(18)33(29)44/h9-11,17,20,22,25,30,39,41,43,45-46H,4-8,12-16,36H2,1-3H3,(H,38,40)/b37-23-/t17-,20-,22+,25-,30+,35+/m0/s1. The van der Waals surface area contributed by atoms with Crippen LogP contribution in [0.4, 0.5) is 0 Å². The minimum Gasteiger partial charge on any atom is -0.507 e. The van der Waals surface area contributed by atoms with Crippen molar-refractivity contribution in [2.45, 2.75) is 108 Å². The molecule has 5 rings (SSSR count). The number of fused-ring (bicyclic) bond motifs is 3. The van der Waals surface area contributed by atoms with Crippen LogP contribution in [0.2, 0.25) is 0 Å². The lowest BCUT2D eigenvalue weighted by molar-refractivity contribution is -0.245. The van der Waals surface area contributed by atoms with Gasteiger partial charge >= 0.3 is 0 Å². The normalized spacial score (nSPS) is 26.5. The summed E-state index contributed by atoms with van der Waals surface area (Å²) in [7, 11) is 1.33. The van der Waals surface area contributed by atoms with Crippen LogP contribution >= 0.6 is 0 Å². The number of ketones is 2. The number of aliphatic hydroxyl groups is 3. The Morgan fingerprint density at radius 1 is 1.10 bits per heavy atom. The lowest BCUT2D eigenvalue weighted by Gasteiger charge is -2.43. The Hall–Kier alpha value is -3.92. The van der Waals surface area contributed by atoms with Crippen molar-refractivity contribution < 1.29 is 54.1 Å². The van der Waals surface area contributed by atoms with Crippen LogP contribution in [0.1, 0.15) is 114 Å². The number of nitrogens with zero attached hydrogens (tertiary/aromatic N) is 1. The molecule has 0 saturated carbocycles. The molecule has 1 aliphatic heterocycles. The smallest absolute Gasteiger partial charge is 0.240 e. The van der Waals surface area contributed by atoms with Gasteiger partial charge in [-0.2, -0.15) is 5.10 Å². The molecule has 2 aliphatic carbocycles. The maximum absolute atomic E-state index is 13.9. The minimum atomic E-state index is -2.08. The van der Waals surface area contributed by atoms with Gasteiger partial charge in [0.1, 0.15) is 22.8 Å². The number of methoxy groups -OCH3 is 1. The van der Waals surface area contributed by atoms with Gasteiger partial charge in [-0.05, 0) is 19.4 Å². The third-order valence-electron chi connectivity index (χ3n) is 9.65. The Morgan fingerprint density at radius 3 is 2.49 bits per heavy atom. The molecular formula is C35H45N3O11. The zero-order valence-electron chi connectivity index (χ0n) is 27.9. The second kappa shape index (κ2) is 14.9. The first-order valence-corrected chi connectivity index (χ1v) is 16.7. The number of hydrogen-bond donors (Lipinski definition) is 7. The summed E-state index contributed by atoms with van der Waals surface area (Å²) in [6, 6.07) is 3.68. The van der Waals surface area contributed by atoms with Gasteiger partial charge in [-0.1, -0.05) is 44.7 Å². The predicted octanol–water partition coefficient (Wildman–Crippen LogP) is 2.26. The van der Waals surface area contributed by atoms with Crippen molar-refractivity contribution in [3.8, 4) is 17.2 Å². The van der Waals surface area contributed by atoms with Crippen LogP contribution in [0, 0.1) is 0 Å². The highest BCUT2D eigenvalue weighted by Gasteiger charge is 2.49. The summed E-state index contributed by atoms with van der Waals surface area (Å²) in [4.78, 5) is 40.3. The van der Waals surface area contributed by atoms with Crippen molar-refractivity contribution in [1.82, 2.24) is 5.43 Å². The van der Waals surface area contributed by atoms with Crippen LogP contribution in [0.5, 0.6) is 17.2 Å². The summed E-state index contributed by atoms with van der Waals surface area (Å²) in [6.45, 7) is 2.89. The van der Waals surface area contributed by atoms with Gasteiger partial charge in [0.2, 0.25) is 11.7 Å². The van der Waals surface area contributed by atoms with Crippen LogP contribution in [0.3, 0.4) is 0 Å². The van der Waals surface area contributed by atoms with Crippen LogP contribution in [0.25, 0.3) is 0 Å². The molecule has 49 heavy (non-hydrogen) atoms. The zero-order chi connectivity index (χ0) is 35.6. The number of hydrazone groups is 1. The van der Waals surface area contributed by atoms with E-state index in [0.717, 1.165) is 25.7 Å². The highest BCUT2D eigenvalue weighted by molar-refractivity contribution is 6.31. The molecule has 2 aromatic rings. The Labute approximate surface area is 283 Å². The van der Waals surface area contributed by atoms with Gasteiger partial charge < -0.3 is 45.5 Å². The molecule has 1 fully saturated rings. The number of benzene rings is 2. The fourth-order valence-electron chi connectivity index (χ4n) is 6.97. The molecule has 14 heteroatoms. The summed E-state index contributed by atoms with van der Waals surface area (Å²) < 4.78 is 17.4. The van der Waals surface area contributed by atoms with E-state index in [1.54, 1.807) is 6.92 Å². The van der Waals surface area contributed by atoms with Gasteiger partial charge in [-0.15, -0.1) is 0 Å². The average Bonchev–Trinajstić information content (AvgIpc) is 3.07. The number of phenolic OH excluding ortho intramolecular Hbond substituents is 2. The number of rotatable bonds is 12. The molecule has 14 nitrogen and oxygen atoms in total. The molecule has 8 N–H and O–H groups in total. The third kappa shape index (κ3) is 6.94. The zero-order valence-corrected chi connectivity index (χ0v) is 27.9. The highest BCUT2D eigenvalue weighted by Crippen LogP contribution is 2.52. The first kappa shape index (κ1) is 36.4. The fourth-order valence-corrected chi connectivity index (χ4v) is 6.97. The van der Waals surface area contributed by atoms with Crippen LogP contribution in [-0.2, 0) is 20.7 Å². The maximum atomic E-state index is 13.9. The second-order valence-electron chi connectivity index (χ2n) is 13.0. The van der Waals surface area contributed by atoms with E-state index in [0.29, 0.717) is 6.42 Å². The molecule has 6 atom stereocenters. The number of nitrogens with two attached hydrogens (primary N) is 1. The van der Waals surface area contributed by atoms with E-state index in [-0.39, 0.29) is 53.0 Å². The van der Waals surface area contributed by atoms with Gasteiger partial charge in [0.15, 0.2) is 12.1 Å². The Bertz CT molecular complexity index is 1630. The van der Waals surface area contributed by atoms with Crippen molar-refractivity contribution >= 4 is 23.2 Å². The molecule has 0 bridgehead atoms. The molecule has 0 unspecified atom stereocenters. The van der Waals surface area contributed by atoms with Crippen LogP contribution < -0.4 is 15.9 Å². The van der Waals surface area contributed by atoms with Gasteiger partial charge in [0.25, 0.3) is 0 Å². The first-order chi connectivity index (χ1) is 23.4. The molecule has 1 saturated heterocycles. The molecule has 266 valence electrons. The summed E-state index contributed by atoms with van der Waals surface area (Å²) in [5.74, 6) is -3.14. The minimum absolute atomic E-state index is 0.0186. The number of carbonyl (C=O) groups excluding carboxylic acids is 3. The molecule has 2 aromatic carbocycles. The topological polar surface area (TPSA) is 230 Å². The molecule has 1 heterocycles. The van der Waals surface area contributed by atoms with E-state index in [2.05, 4.69) is 17.5 Å². The number of hydrogen-bond acceptors (Lipinski definition) is 13.